The second-order valence-corrected chi connectivity index (χ2v) is 4.04. The van der Waals surface area contributed by atoms with Crippen LogP contribution in [-0.4, -0.2) is 24.2 Å². The average molecular weight is 262 g/mol. The molecule has 0 heterocycles. The lowest BCUT2D eigenvalue weighted by Gasteiger charge is -2.10. The molecular formula is C14H18N2O3. The van der Waals surface area contributed by atoms with Gasteiger partial charge in [-0.15, -0.1) is 0 Å². The Balaban J connectivity index is 2.37. The minimum absolute atomic E-state index is 0.0822. The lowest BCUT2D eigenvalue weighted by Crippen LogP contribution is -2.29. The van der Waals surface area contributed by atoms with Gasteiger partial charge >= 0.3 is 0 Å². The maximum Gasteiger partial charge on any atom is 0.257 e. The van der Waals surface area contributed by atoms with Gasteiger partial charge in [-0.3, -0.25) is 4.79 Å². The van der Waals surface area contributed by atoms with Crippen LogP contribution in [0.3, 0.4) is 0 Å². The van der Waals surface area contributed by atoms with Crippen molar-refractivity contribution in [2.24, 2.45) is 0 Å². The van der Waals surface area contributed by atoms with Gasteiger partial charge in [-0.25, -0.2) is 0 Å². The summed E-state index contributed by atoms with van der Waals surface area (Å²) < 4.78 is 5.29. The molecule has 5 nitrogen and oxygen atoms in total. The maximum absolute atomic E-state index is 11.3. The largest absolute Gasteiger partial charge is 0.484 e. The number of carbonyl (C=O) groups is 1. The zero-order chi connectivity index (χ0) is 14.1. The highest BCUT2D eigenvalue weighted by Crippen LogP contribution is 2.19. The topological polar surface area (TPSA) is 82.3 Å². The van der Waals surface area contributed by atoms with Gasteiger partial charge in [0.25, 0.3) is 5.91 Å². The third-order valence-electron chi connectivity index (χ3n) is 2.58. The first-order valence-electron chi connectivity index (χ1n) is 6.21. The van der Waals surface area contributed by atoms with Gasteiger partial charge < -0.3 is 15.2 Å². The van der Waals surface area contributed by atoms with Gasteiger partial charge in [-0.05, 0) is 24.1 Å². The average Bonchev–Trinajstić information content (AvgIpc) is 2.45. The number of aliphatic hydroxyl groups is 1. The van der Waals surface area contributed by atoms with E-state index in [9.17, 15) is 9.90 Å². The second-order valence-electron chi connectivity index (χ2n) is 4.04. The minimum atomic E-state index is -0.469. The molecule has 1 aromatic rings. The van der Waals surface area contributed by atoms with Crippen molar-refractivity contribution in [3.8, 4) is 11.8 Å². The number of hydrogen-bond acceptors (Lipinski definition) is 4. The standard InChI is InChI=1S/C14H18N2O3/c1-2-13(17)11-4-6-12(7-5-11)19-10-14(18)16-9-3-8-15/h4-7,13,17H,2-3,9-10H2,1H3,(H,16,18)/t13-/m1/s1. The Morgan fingerprint density at radius 1 is 1.47 bits per heavy atom. The molecule has 0 unspecified atom stereocenters. The monoisotopic (exact) mass is 262 g/mol. The fourth-order valence-electron chi connectivity index (χ4n) is 1.48. The summed E-state index contributed by atoms with van der Waals surface area (Å²) in [6.07, 6.45) is 0.472. The van der Waals surface area contributed by atoms with E-state index in [1.165, 1.54) is 0 Å². The fraction of sp³-hybridized carbons (Fsp3) is 0.429. The highest BCUT2D eigenvalue weighted by atomic mass is 16.5. The van der Waals surface area contributed by atoms with Gasteiger partial charge in [0.15, 0.2) is 6.61 Å². The Kier molecular flexibility index (Phi) is 6.41. The molecule has 0 radical (unpaired) electrons. The van der Waals surface area contributed by atoms with E-state index < -0.39 is 6.10 Å². The van der Waals surface area contributed by atoms with Crippen molar-refractivity contribution < 1.29 is 14.6 Å². The molecule has 0 aliphatic carbocycles. The maximum atomic E-state index is 11.3. The number of aliphatic hydroxyl groups excluding tert-OH is 1. The summed E-state index contributed by atoms with van der Waals surface area (Å²) in [6, 6.07) is 8.93. The summed E-state index contributed by atoms with van der Waals surface area (Å²) in [5, 5.41) is 20.5. The van der Waals surface area contributed by atoms with Crippen molar-refractivity contribution in [2.75, 3.05) is 13.2 Å². The predicted molar refractivity (Wildman–Crippen MR) is 70.4 cm³/mol. The van der Waals surface area contributed by atoms with E-state index >= 15 is 0 Å². The number of benzene rings is 1. The molecule has 5 heteroatoms. The molecule has 19 heavy (non-hydrogen) atoms. The van der Waals surface area contributed by atoms with Crippen LogP contribution in [0.2, 0.25) is 0 Å². The fourth-order valence-corrected chi connectivity index (χ4v) is 1.48. The van der Waals surface area contributed by atoms with Crippen LogP contribution < -0.4 is 10.1 Å². The minimum Gasteiger partial charge on any atom is -0.484 e. The molecule has 0 aliphatic rings. The summed E-state index contributed by atoms with van der Waals surface area (Å²) in [6.45, 7) is 2.15. The number of amides is 1. The van der Waals surface area contributed by atoms with Gasteiger partial charge in [0.05, 0.1) is 18.6 Å². The molecule has 0 saturated carbocycles. The summed E-state index contributed by atoms with van der Waals surface area (Å²) in [7, 11) is 0. The van der Waals surface area contributed by atoms with Crippen molar-refractivity contribution >= 4 is 5.91 Å². The van der Waals surface area contributed by atoms with Gasteiger partial charge in [0.2, 0.25) is 0 Å². The van der Waals surface area contributed by atoms with E-state index in [0.717, 1.165) is 5.56 Å². The SMILES string of the molecule is CC[C@@H](O)c1ccc(OCC(=O)NCCC#N)cc1. The molecule has 1 rings (SSSR count). The van der Waals surface area contributed by atoms with Gasteiger partial charge in [-0.2, -0.15) is 5.26 Å². The van der Waals surface area contributed by atoms with Crippen molar-refractivity contribution in [1.29, 1.82) is 5.26 Å². The lowest BCUT2D eigenvalue weighted by molar-refractivity contribution is -0.123. The Hall–Kier alpha value is -2.06. The van der Waals surface area contributed by atoms with E-state index in [4.69, 9.17) is 10.00 Å². The highest BCUT2D eigenvalue weighted by Gasteiger charge is 2.05. The van der Waals surface area contributed by atoms with Crippen LogP contribution in [0, 0.1) is 11.3 Å². The molecule has 1 amide bonds. The van der Waals surface area contributed by atoms with Crippen LogP contribution in [0.5, 0.6) is 5.75 Å². The van der Waals surface area contributed by atoms with Crippen molar-refractivity contribution in [2.45, 2.75) is 25.9 Å². The molecule has 0 spiro atoms. The number of nitrogens with zero attached hydrogens (tertiary/aromatic N) is 1. The lowest BCUT2D eigenvalue weighted by atomic mass is 10.1. The molecule has 102 valence electrons. The molecule has 2 N–H and O–H groups in total. The number of nitriles is 1. The summed E-state index contributed by atoms with van der Waals surface area (Å²) in [4.78, 5) is 11.3. The summed E-state index contributed by atoms with van der Waals surface area (Å²) in [5.74, 6) is 0.315. The number of nitrogens with one attached hydrogen (secondary N) is 1. The van der Waals surface area contributed by atoms with E-state index in [1.54, 1.807) is 24.3 Å². The third-order valence-corrected chi connectivity index (χ3v) is 2.58. The Morgan fingerprint density at radius 2 is 2.16 bits per heavy atom. The van der Waals surface area contributed by atoms with E-state index in [0.29, 0.717) is 18.7 Å². The van der Waals surface area contributed by atoms with Crippen molar-refractivity contribution in [3.05, 3.63) is 29.8 Å². The summed E-state index contributed by atoms with van der Waals surface area (Å²) >= 11 is 0. The molecule has 1 atom stereocenters. The highest BCUT2D eigenvalue weighted by molar-refractivity contribution is 5.77. The first-order valence-corrected chi connectivity index (χ1v) is 6.21. The molecule has 0 fully saturated rings. The zero-order valence-corrected chi connectivity index (χ0v) is 10.9. The van der Waals surface area contributed by atoms with Crippen LogP contribution in [0.15, 0.2) is 24.3 Å². The Morgan fingerprint density at radius 3 is 2.74 bits per heavy atom. The third kappa shape index (κ3) is 5.40. The van der Waals surface area contributed by atoms with Crippen molar-refractivity contribution in [1.82, 2.24) is 5.32 Å². The first-order chi connectivity index (χ1) is 9.17. The Labute approximate surface area is 112 Å². The van der Waals surface area contributed by atoms with Crippen LogP contribution in [-0.2, 0) is 4.79 Å². The number of carbonyl (C=O) groups excluding carboxylic acids is 1. The molecule has 0 aliphatic heterocycles. The summed E-state index contributed by atoms with van der Waals surface area (Å²) in [5.41, 5.74) is 0.827. The van der Waals surface area contributed by atoms with E-state index in [1.807, 2.05) is 13.0 Å². The smallest absolute Gasteiger partial charge is 0.257 e. The van der Waals surface area contributed by atoms with Crippen LogP contribution in [0.25, 0.3) is 0 Å². The normalized spacial score (nSPS) is 11.4. The van der Waals surface area contributed by atoms with Crippen LogP contribution in [0.1, 0.15) is 31.4 Å². The van der Waals surface area contributed by atoms with E-state index in [2.05, 4.69) is 5.32 Å². The second kappa shape index (κ2) is 8.11. The molecule has 0 aromatic heterocycles. The number of rotatable bonds is 7. The van der Waals surface area contributed by atoms with Gasteiger partial charge in [-0.1, -0.05) is 19.1 Å². The van der Waals surface area contributed by atoms with Gasteiger partial charge in [0, 0.05) is 6.54 Å². The molecule has 0 saturated heterocycles. The molecular weight excluding hydrogens is 244 g/mol. The number of hydrogen-bond donors (Lipinski definition) is 2. The van der Waals surface area contributed by atoms with Crippen molar-refractivity contribution in [3.63, 3.8) is 0 Å². The Bertz CT molecular complexity index is 437. The van der Waals surface area contributed by atoms with Crippen LogP contribution in [0.4, 0.5) is 0 Å². The van der Waals surface area contributed by atoms with E-state index in [-0.39, 0.29) is 18.9 Å². The molecule has 0 bridgehead atoms. The number of ether oxygens (including phenoxy) is 1. The van der Waals surface area contributed by atoms with Crippen LogP contribution >= 0.6 is 0 Å². The van der Waals surface area contributed by atoms with Gasteiger partial charge in [0.1, 0.15) is 5.75 Å². The first kappa shape index (κ1) is 15.0. The zero-order valence-electron chi connectivity index (χ0n) is 10.9. The molecule has 1 aromatic carbocycles. The quantitative estimate of drug-likeness (QED) is 0.730. The predicted octanol–water partition coefficient (Wildman–Crippen LogP) is 1.54.